The monoisotopic (exact) mass is 462 g/mol. The van der Waals surface area contributed by atoms with Gasteiger partial charge in [0.05, 0.1) is 6.42 Å². The second-order valence-electron chi connectivity index (χ2n) is 8.15. The van der Waals surface area contributed by atoms with Gasteiger partial charge in [0.25, 0.3) is 5.91 Å². The van der Waals surface area contributed by atoms with Crippen LogP contribution in [0.4, 0.5) is 14.9 Å². The Morgan fingerprint density at radius 3 is 2.24 bits per heavy atom. The number of carbonyl (C=O) groups is 3. The molecule has 2 amide bonds. The molecule has 0 unspecified atom stereocenters. The molecule has 1 aliphatic carbocycles. The van der Waals surface area contributed by atoms with Crippen molar-refractivity contribution in [2.75, 3.05) is 11.9 Å². The average molecular weight is 462 g/mol. The van der Waals surface area contributed by atoms with E-state index in [0.29, 0.717) is 0 Å². The lowest BCUT2D eigenvalue weighted by Gasteiger charge is -2.15. The average Bonchev–Trinajstić information content (AvgIpc) is 3.10. The maximum absolute atomic E-state index is 14.1. The number of ether oxygens (including phenoxy) is 1. The first-order valence-electron chi connectivity index (χ1n) is 10.8. The summed E-state index contributed by atoms with van der Waals surface area (Å²) in [7, 11) is 0. The van der Waals surface area contributed by atoms with E-state index in [0.717, 1.165) is 34.4 Å². The topological polar surface area (TPSA) is 105 Å². The van der Waals surface area contributed by atoms with Gasteiger partial charge in [-0.25, -0.2) is 9.18 Å². The zero-order valence-corrected chi connectivity index (χ0v) is 18.4. The van der Waals surface area contributed by atoms with E-state index in [4.69, 9.17) is 9.84 Å². The largest absolute Gasteiger partial charge is 0.481 e. The molecule has 3 N–H and O–H groups in total. The maximum atomic E-state index is 14.1. The molecule has 0 heterocycles. The van der Waals surface area contributed by atoms with Crippen LogP contribution >= 0.6 is 0 Å². The molecule has 0 spiro atoms. The van der Waals surface area contributed by atoms with Crippen LogP contribution in [0.1, 0.15) is 40.7 Å². The molecule has 0 aliphatic heterocycles. The first kappa shape index (κ1) is 23.0. The van der Waals surface area contributed by atoms with Crippen LogP contribution in [0, 0.1) is 5.82 Å². The van der Waals surface area contributed by atoms with Crippen LogP contribution in [-0.2, 0) is 9.53 Å². The summed E-state index contributed by atoms with van der Waals surface area (Å²) < 4.78 is 19.5. The van der Waals surface area contributed by atoms with Gasteiger partial charge in [-0.05, 0) is 47.4 Å². The highest BCUT2D eigenvalue weighted by atomic mass is 19.1. The molecule has 8 heteroatoms. The predicted octanol–water partition coefficient (Wildman–Crippen LogP) is 4.78. The fourth-order valence-electron chi connectivity index (χ4n) is 4.17. The molecule has 0 fully saturated rings. The lowest BCUT2D eigenvalue weighted by molar-refractivity contribution is -0.137. The van der Waals surface area contributed by atoms with Crippen molar-refractivity contribution in [1.82, 2.24) is 5.32 Å². The SMILES string of the molecule is C[C@@H](CC(=O)O)NC(=O)c1cc(F)cc(NC(=O)OCC2c3ccccc3-c3ccccc32)c1. The number of hydrogen-bond acceptors (Lipinski definition) is 4. The number of amides is 2. The molecule has 174 valence electrons. The van der Waals surface area contributed by atoms with Gasteiger partial charge in [0.15, 0.2) is 0 Å². The highest BCUT2D eigenvalue weighted by Gasteiger charge is 2.29. The molecule has 3 aromatic rings. The molecule has 3 aromatic carbocycles. The summed E-state index contributed by atoms with van der Waals surface area (Å²) in [5.41, 5.74) is 4.34. The zero-order chi connectivity index (χ0) is 24.2. The fourth-order valence-corrected chi connectivity index (χ4v) is 4.17. The summed E-state index contributed by atoms with van der Waals surface area (Å²) in [6.45, 7) is 1.62. The number of fused-ring (bicyclic) bond motifs is 3. The van der Waals surface area contributed by atoms with Crippen molar-refractivity contribution in [3.63, 3.8) is 0 Å². The highest BCUT2D eigenvalue weighted by Crippen LogP contribution is 2.44. The number of aliphatic carboxylic acids is 1. The van der Waals surface area contributed by atoms with Gasteiger partial charge in [0.1, 0.15) is 12.4 Å². The number of rotatable bonds is 7. The molecule has 0 aromatic heterocycles. The van der Waals surface area contributed by atoms with Crippen LogP contribution in [0.2, 0.25) is 0 Å². The number of benzene rings is 3. The highest BCUT2D eigenvalue weighted by molar-refractivity contribution is 5.96. The Bertz CT molecular complexity index is 1210. The fraction of sp³-hybridized carbons (Fsp3) is 0.192. The Morgan fingerprint density at radius 2 is 1.62 bits per heavy atom. The van der Waals surface area contributed by atoms with Gasteiger partial charge in [-0.1, -0.05) is 48.5 Å². The molecular weight excluding hydrogens is 439 g/mol. The number of carboxylic acids is 1. The maximum Gasteiger partial charge on any atom is 0.411 e. The van der Waals surface area contributed by atoms with Gasteiger partial charge < -0.3 is 15.2 Å². The molecule has 0 saturated carbocycles. The summed E-state index contributed by atoms with van der Waals surface area (Å²) >= 11 is 0. The molecular formula is C26H23FN2O5. The van der Waals surface area contributed by atoms with Crippen molar-refractivity contribution < 1.29 is 28.6 Å². The Morgan fingerprint density at radius 1 is 1.00 bits per heavy atom. The first-order valence-corrected chi connectivity index (χ1v) is 10.8. The normalized spacial score (nSPS) is 12.9. The molecule has 1 aliphatic rings. The van der Waals surface area contributed by atoms with Crippen molar-refractivity contribution in [1.29, 1.82) is 0 Å². The van der Waals surface area contributed by atoms with Gasteiger partial charge in [-0.3, -0.25) is 14.9 Å². The molecule has 7 nitrogen and oxygen atoms in total. The summed E-state index contributed by atoms with van der Waals surface area (Å²) in [6.07, 6.45) is -1.05. The van der Waals surface area contributed by atoms with Crippen LogP contribution in [-0.4, -0.2) is 35.7 Å². The van der Waals surface area contributed by atoms with Gasteiger partial charge >= 0.3 is 12.1 Å². The summed E-state index contributed by atoms with van der Waals surface area (Å²) in [5.74, 6) is -2.57. The van der Waals surface area contributed by atoms with Gasteiger partial charge in [-0.15, -0.1) is 0 Å². The minimum Gasteiger partial charge on any atom is -0.481 e. The van der Waals surface area contributed by atoms with E-state index in [1.54, 1.807) is 0 Å². The van der Waals surface area contributed by atoms with Crippen LogP contribution < -0.4 is 10.6 Å². The number of anilines is 1. The third-order valence-corrected chi connectivity index (χ3v) is 5.61. The Labute approximate surface area is 195 Å². The van der Waals surface area contributed by atoms with Gasteiger partial charge in [0.2, 0.25) is 0 Å². The van der Waals surface area contributed by atoms with Gasteiger partial charge in [-0.2, -0.15) is 0 Å². The minimum atomic E-state index is -1.07. The van der Waals surface area contributed by atoms with Crippen LogP contribution in [0.25, 0.3) is 11.1 Å². The molecule has 4 rings (SSSR count). The van der Waals surface area contributed by atoms with Crippen LogP contribution in [0.15, 0.2) is 66.7 Å². The zero-order valence-electron chi connectivity index (χ0n) is 18.4. The Hall–Kier alpha value is -4.20. The van der Waals surface area contributed by atoms with Crippen molar-refractivity contribution in [3.05, 3.63) is 89.2 Å². The third-order valence-electron chi connectivity index (χ3n) is 5.61. The smallest absolute Gasteiger partial charge is 0.411 e. The second-order valence-corrected chi connectivity index (χ2v) is 8.15. The van der Waals surface area contributed by atoms with Crippen molar-refractivity contribution in [2.45, 2.75) is 25.3 Å². The lowest BCUT2D eigenvalue weighted by Crippen LogP contribution is -2.34. The first-order chi connectivity index (χ1) is 16.3. The molecule has 0 saturated heterocycles. The predicted molar refractivity (Wildman–Crippen MR) is 124 cm³/mol. The van der Waals surface area contributed by atoms with E-state index in [9.17, 15) is 18.8 Å². The molecule has 0 radical (unpaired) electrons. The molecule has 0 bridgehead atoms. The van der Waals surface area contributed by atoms with Crippen LogP contribution in [0.3, 0.4) is 0 Å². The summed E-state index contributed by atoms with van der Waals surface area (Å²) in [5, 5.41) is 13.8. The Balaban J connectivity index is 1.42. The van der Waals surface area contributed by atoms with Crippen molar-refractivity contribution >= 4 is 23.7 Å². The van der Waals surface area contributed by atoms with Gasteiger partial charge in [0, 0.05) is 23.2 Å². The number of carbonyl (C=O) groups excluding carboxylic acids is 2. The summed E-state index contributed by atoms with van der Waals surface area (Å²) in [4.78, 5) is 35.6. The van der Waals surface area contributed by atoms with E-state index in [1.807, 2.05) is 48.5 Å². The van der Waals surface area contributed by atoms with E-state index in [2.05, 4.69) is 10.6 Å². The Kier molecular flexibility index (Phi) is 6.58. The second kappa shape index (κ2) is 9.74. The van der Waals surface area contributed by atoms with E-state index < -0.39 is 29.8 Å². The quantitative estimate of drug-likeness (QED) is 0.469. The van der Waals surface area contributed by atoms with Crippen molar-refractivity contribution in [2.24, 2.45) is 0 Å². The van der Waals surface area contributed by atoms with Crippen LogP contribution in [0.5, 0.6) is 0 Å². The summed E-state index contributed by atoms with van der Waals surface area (Å²) in [6, 6.07) is 18.6. The number of hydrogen-bond donors (Lipinski definition) is 3. The molecule has 1 atom stereocenters. The van der Waals surface area contributed by atoms with E-state index in [1.165, 1.54) is 13.0 Å². The third kappa shape index (κ3) is 5.06. The lowest BCUT2D eigenvalue weighted by atomic mass is 9.98. The number of carboxylic acid groups (broad SMARTS) is 1. The molecule has 34 heavy (non-hydrogen) atoms. The van der Waals surface area contributed by atoms with E-state index in [-0.39, 0.29) is 30.2 Å². The van der Waals surface area contributed by atoms with E-state index >= 15 is 0 Å². The number of nitrogens with one attached hydrogen (secondary N) is 2. The minimum absolute atomic E-state index is 0.0493. The number of halogens is 1. The van der Waals surface area contributed by atoms with Crippen molar-refractivity contribution in [3.8, 4) is 11.1 Å². The standard InChI is InChI=1S/C26H23FN2O5/c1-15(10-24(30)31)28-25(32)16-11-17(27)13-18(12-16)29-26(33)34-14-23-21-8-4-2-6-19(21)20-7-3-5-9-22(20)23/h2-9,11-13,15,23H,10,14H2,1H3,(H,28,32)(H,29,33)(H,30,31)/t15-/m0/s1.